The Labute approximate surface area is 82.2 Å². The van der Waals surface area contributed by atoms with E-state index in [1.165, 1.54) is 15.6 Å². The fraction of sp³-hybridized carbons (Fsp3) is 0.400. The minimum absolute atomic E-state index is 0.697. The Morgan fingerprint density at radius 3 is 2.55 bits per heavy atom. The first kappa shape index (κ1) is 9.04. The summed E-state index contributed by atoms with van der Waals surface area (Å²) in [5.41, 5.74) is 1.48. The molecule has 0 N–H and O–H groups in total. The van der Waals surface area contributed by atoms with E-state index in [0.717, 1.165) is 0 Å². The largest absolute Gasteiger partial charge is 0.0648 e. The Balaban J connectivity index is 2.93. The normalized spacial score (nSPS) is 13.0. The van der Waals surface area contributed by atoms with Crippen LogP contribution in [0.15, 0.2) is 24.3 Å². The van der Waals surface area contributed by atoms with E-state index in [-0.39, 0.29) is 0 Å². The average molecular weight is 260 g/mol. The van der Waals surface area contributed by atoms with Crippen LogP contribution < -0.4 is 0 Å². The lowest BCUT2D eigenvalue weighted by molar-refractivity contribution is 0.730. The summed E-state index contributed by atoms with van der Waals surface area (Å²) in [6.07, 6.45) is 1.22. The topological polar surface area (TPSA) is 0 Å². The summed E-state index contributed by atoms with van der Waals surface area (Å²) >= 11 is 2.40. The maximum absolute atomic E-state index is 2.40. The van der Waals surface area contributed by atoms with Crippen molar-refractivity contribution in [3.63, 3.8) is 0 Å². The Kier molecular flexibility index (Phi) is 3.37. The molecule has 1 aromatic carbocycles. The summed E-state index contributed by atoms with van der Waals surface area (Å²) in [6, 6.07) is 8.59. The molecule has 1 aromatic rings. The first-order valence-corrected chi connectivity index (χ1v) is 5.08. The molecule has 0 fully saturated rings. The van der Waals surface area contributed by atoms with Crippen molar-refractivity contribution < 1.29 is 0 Å². The van der Waals surface area contributed by atoms with Crippen molar-refractivity contribution in [3.8, 4) is 0 Å². The molecular weight excluding hydrogens is 247 g/mol. The zero-order valence-corrected chi connectivity index (χ0v) is 9.13. The Hall–Kier alpha value is -0.0500. The SMILES string of the molecule is CCC(C)c1ccccc1I. The van der Waals surface area contributed by atoms with E-state index in [2.05, 4.69) is 60.7 Å². The van der Waals surface area contributed by atoms with Crippen molar-refractivity contribution in [3.05, 3.63) is 33.4 Å². The highest BCUT2D eigenvalue weighted by molar-refractivity contribution is 14.1. The number of hydrogen-bond donors (Lipinski definition) is 0. The maximum atomic E-state index is 2.40. The smallest absolute Gasteiger partial charge is 0.0165 e. The van der Waals surface area contributed by atoms with Gasteiger partial charge in [-0.15, -0.1) is 0 Å². The van der Waals surface area contributed by atoms with E-state index in [0.29, 0.717) is 5.92 Å². The molecule has 1 atom stereocenters. The Bertz CT molecular complexity index is 230. The zero-order chi connectivity index (χ0) is 8.27. The average Bonchev–Trinajstić information content (AvgIpc) is 2.04. The molecule has 0 aromatic heterocycles. The first-order chi connectivity index (χ1) is 5.25. The van der Waals surface area contributed by atoms with Crippen LogP contribution in [0.4, 0.5) is 0 Å². The van der Waals surface area contributed by atoms with E-state index in [9.17, 15) is 0 Å². The number of rotatable bonds is 2. The molecule has 0 nitrogen and oxygen atoms in total. The fourth-order valence-corrected chi connectivity index (χ4v) is 2.01. The Morgan fingerprint density at radius 1 is 1.36 bits per heavy atom. The highest BCUT2D eigenvalue weighted by Crippen LogP contribution is 2.23. The molecule has 0 bridgehead atoms. The number of halogens is 1. The van der Waals surface area contributed by atoms with E-state index in [1.54, 1.807) is 0 Å². The summed E-state index contributed by atoms with van der Waals surface area (Å²) in [7, 11) is 0. The van der Waals surface area contributed by atoms with E-state index in [4.69, 9.17) is 0 Å². The predicted octanol–water partition coefficient (Wildman–Crippen LogP) is 3.80. The second-order valence-corrected chi connectivity index (χ2v) is 3.99. The molecule has 60 valence electrons. The van der Waals surface area contributed by atoms with Crippen LogP contribution in [0.25, 0.3) is 0 Å². The highest BCUT2D eigenvalue weighted by atomic mass is 127. The van der Waals surface area contributed by atoms with Crippen LogP contribution in [-0.2, 0) is 0 Å². The van der Waals surface area contributed by atoms with Crippen LogP contribution in [-0.4, -0.2) is 0 Å². The summed E-state index contributed by atoms with van der Waals surface area (Å²) in [5, 5.41) is 0. The van der Waals surface area contributed by atoms with Crippen LogP contribution >= 0.6 is 22.6 Å². The van der Waals surface area contributed by atoms with Gasteiger partial charge >= 0.3 is 0 Å². The number of benzene rings is 1. The minimum Gasteiger partial charge on any atom is -0.0648 e. The third kappa shape index (κ3) is 2.19. The third-order valence-electron chi connectivity index (χ3n) is 2.05. The molecule has 0 radical (unpaired) electrons. The second-order valence-electron chi connectivity index (χ2n) is 2.83. The quantitative estimate of drug-likeness (QED) is 0.709. The van der Waals surface area contributed by atoms with Crippen molar-refractivity contribution in [2.24, 2.45) is 0 Å². The molecule has 0 spiro atoms. The van der Waals surface area contributed by atoms with Gasteiger partial charge in [0.2, 0.25) is 0 Å². The summed E-state index contributed by atoms with van der Waals surface area (Å²) in [6.45, 7) is 4.51. The van der Waals surface area contributed by atoms with Gasteiger partial charge in [-0.3, -0.25) is 0 Å². The molecule has 0 aliphatic carbocycles. The monoisotopic (exact) mass is 260 g/mol. The molecule has 0 saturated carbocycles. The van der Waals surface area contributed by atoms with Crippen molar-refractivity contribution in [1.82, 2.24) is 0 Å². The van der Waals surface area contributed by atoms with E-state index < -0.39 is 0 Å². The van der Waals surface area contributed by atoms with Crippen molar-refractivity contribution in [2.75, 3.05) is 0 Å². The molecule has 1 unspecified atom stereocenters. The van der Waals surface area contributed by atoms with Crippen LogP contribution in [0.2, 0.25) is 0 Å². The molecule has 11 heavy (non-hydrogen) atoms. The van der Waals surface area contributed by atoms with Gasteiger partial charge in [0.05, 0.1) is 0 Å². The highest BCUT2D eigenvalue weighted by Gasteiger charge is 2.04. The van der Waals surface area contributed by atoms with Gasteiger partial charge in [0.25, 0.3) is 0 Å². The van der Waals surface area contributed by atoms with Crippen molar-refractivity contribution >= 4 is 22.6 Å². The van der Waals surface area contributed by atoms with Crippen LogP contribution in [0, 0.1) is 3.57 Å². The van der Waals surface area contributed by atoms with Gasteiger partial charge < -0.3 is 0 Å². The molecular formula is C10H13I. The second kappa shape index (κ2) is 4.10. The van der Waals surface area contributed by atoms with Gasteiger partial charge in [0, 0.05) is 3.57 Å². The van der Waals surface area contributed by atoms with E-state index >= 15 is 0 Å². The minimum atomic E-state index is 0.697. The summed E-state index contributed by atoms with van der Waals surface area (Å²) < 4.78 is 1.39. The summed E-state index contributed by atoms with van der Waals surface area (Å²) in [5.74, 6) is 0.697. The molecule has 0 aliphatic rings. The lowest BCUT2D eigenvalue weighted by Gasteiger charge is -2.10. The Morgan fingerprint density at radius 2 is 2.00 bits per heavy atom. The molecule has 0 aliphatic heterocycles. The lowest BCUT2D eigenvalue weighted by atomic mass is 9.99. The van der Waals surface area contributed by atoms with Crippen molar-refractivity contribution in [1.29, 1.82) is 0 Å². The molecule has 1 rings (SSSR count). The van der Waals surface area contributed by atoms with Crippen LogP contribution in [0.1, 0.15) is 31.7 Å². The van der Waals surface area contributed by atoms with E-state index in [1.807, 2.05) is 0 Å². The number of hydrogen-bond acceptors (Lipinski definition) is 0. The van der Waals surface area contributed by atoms with Crippen LogP contribution in [0.5, 0.6) is 0 Å². The summed E-state index contributed by atoms with van der Waals surface area (Å²) in [4.78, 5) is 0. The zero-order valence-electron chi connectivity index (χ0n) is 6.97. The standard InChI is InChI=1S/C10H13I/c1-3-8(2)9-6-4-5-7-10(9)11/h4-8H,3H2,1-2H3. The van der Waals surface area contributed by atoms with Gasteiger partial charge in [0.15, 0.2) is 0 Å². The first-order valence-electron chi connectivity index (χ1n) is 4.00. The van der Waals surface area contributed by atoms with Gasteiger partial charge in [-0.1, -0.05) is 32.0 Å². The van der Waals surface area contributed by atoms with Gasteiger partial charge in [-0.05, 0) is 46.6 Å². The van der Waals surface area contributed by atoms with Crippen molar-refractivity contribution in [2.45, 2.75) is 26.2 Å². The van der Waals surface area contributed by atoms with Gasteiger partial charge in [-0.2, -0.15) is 0 Å². The van der Waals surface area contributed by atoms with Gasteiger partial charge in [-0.25, -0.2) is 0 Å². The maximum Gasteiger partial charge on any atom is 0.0165 e. The van der Waals surface area contributed by atoms with Gasteiger partial charge in [0.1, 0.15) is 0 Å². The molecule has 0 saturated heterocycles. The third-order valence-corrected chi connectivity index (χ3v) is 3.03. The predicted molar refractivity (Wildman–Crippen MR) is 57.9 cm³/mol. The van der Waals surface area contributed by atoms with Crippen LogP contribution in [0.3, 0.4) is 0 Å². The molecule has 0 amide bonds. The molecule has 0 heterocycles. The molecule has 1 heteroatoms. The lowest BCUT2D eigenvalue weighted by Crippen LogP contribution is -1.93. The fourth-order valence-electron chi connectivity index (χ4n) is 1.09.